The van der Waals surface area contributed by atoms with Crippen molar-refractivity contribution >= 4 is 5.91 Å². The van der Waals surface area contributed by atoms with Gasteiger partial charge in [0.15, 0.2) is 0 Å². The van der Waals surface area contributed by atoms with Gasteiger partial charge in [-0.3, -0.25) is 4.79 Å². The van der Waals surface area contributed by atoms with Crippen LogP contribution in [0.15, 0.2) is 24.3 Å². The lowest BCUT2D eigenvalue weighted by molar-refractivity contribution is -0.129. The van der Waals surface area contributed by atoms with Crippen molar-refractivity contribution in [2.24, 2.45) is 11.3 Å². The maximum Gasteiger partial charge on any atom is 0.225 e. The summed E-state index contributed by atoms with van der Waals surface area (Å²) >= 11 is 0. The second-order valence-electron chi connectivity index (χ2n) is 7.12. The molecule has 1 amide bonds. The maximum atomic E-state index is 12.2. The van der Waals surface area contributed by atoms with Gasteiger partial charge in [-0.05, 0) is 42.9 Å². The summed E-state index contributed by atoms with van der Waals surface area (Å²) in [6.45, 7) is 7.83. The van der Waals surface area contributed by atoms with Gasteiger partial charge in [0.25, 0.3) is 0 Å². The van der Waals surface area contributed by atoms with Gasteiger partial charge in [-0.1, -0.05) is 45.7 Å². The lowest BCUT2D eigenvalue weighted by atomic mass is 9.88. The Bertz CT molecular complexity index is 473. The van der Waals surface area contributed by atoms with Crippen molar-refractivity contribution in [3.05, 3.63) is 29.8 Å². The van der Waals surface area contributed by atoms with Crippen LogP contribution in [0.3, 0.4) is 0 Å². The van der Waals surface area contributed by atoms with Gasteiger partial charge in [-0.25, -0.2) is 0 Å². The fourth-order valence-electron chi connectivity index (χ4n) is 2.93. The molecule has 1 fully saturated rings. The van der Waals surface area contributed by atoms with Crippen LogP contribution in [0.2, 0.25) is 0 Å². The van der Waals surface area contributed by atoms with Crippen LogP contribution in [0, 0.1) is 11.3 Å². The van der Waals surface area contributed by atoms with Crippen LogP contribution >= 0.6 is 0 Å². The molecule has 0 aromatic heterocycles. The second kappa shape index (κ2) is 7.66. The van der Waals surface area contributed by atoms with Gasteiger partial charge in [0.2, 0.25) is 5.91 Å². The number of carbonyl (C=O) groups excluding carboxylic acids is 1. The molecule has 0 unspecified atom stereocenters. The first kappa shape index (κ1) is 16.9. The van der Waals surface area contributed by atoms with Crippen LogP contribution in [-0.4, -0.2) is 19.1 Å². The highest BCUT2D eigenvalue weighted by Gasteiger charge is 2.35. The molecule has 1 N–H and O–H groups in total. The number of nitrogens with one attached hydrogen (secondary N) is 1. The molecule has 3 nitrogen and oxygen atoms in total. The van der Waals surface area contributed by atoms with E-state index in [4.69, 9.17) is 4.74 Å². The van der Waals surface area contributed by atoms with Crippen molar-refractivity contribution in [2.45, 2.75) is 52.9 Å². The molecule has 2 rings (SSSR count). The van der Waals surface area contributed by atoms with E-state index in [1.165, 1.54) is 18.4 Å². The summed E-state index contributed by atoms with van der Waals surface area (Å²) in [6, 6.07) is 8.19. The minimum atomic E-state index is -0.130. The lowest BCUT2D eigenvalue weighted by Crippen LogP contribution is -2.38. The zero-order valence-corrected chi connectivity index (χ0v) is 14.2. The molecule has 0 atom stereocenters. The van der Waals surface area contributed by atoms with Crippen LogP contribution < -0.4 is 10.1 Å². The first-order valence-electron chi connectivity index (χ1n) is 8.50. The van der Waals surface area contributed by atoms with Gasteiger partial charge >= 0.3 is 0 Å². The van der Waals surface area contributed by atoms with Crippen molar-refractivity contribution in [1.29, 1.82) is 0 Å². The van der Waals surface area contributed by atoms with Gasteiger partial charge in [0.1, 0.15) is 5.75 Å². The molecule has 22 heavy (non-hydrogen) atoms. The Morgan fingerprint density at radius 2 is 1.86 bits per heavy atom. The van der Waals surface area contributed by atoms with Crippen LogP contribution in [0.5, 0.6) is 5.75 Å². The Labute approximate surface area is 134 Å². The van der Waals surface area contributed by atoms with Crippen LogP contribution in [0.4, 0.5) is 0 Å². The van der Waals surface area contributed by atoms with Gasteiger partial charge in [0, 0.05) is 12.0 Å². The average Bonchev–Trinajstić information content (AvgIpc) is 2.94. The third-order valence-electron chi connectivity index (χ3n) is 4.46. The minimum absolute atomic E-state index is 0.130. The molecule has 0 radical (unpaired) electrons. The highest BCUT2D eigenvalue weighted by atomic mass is 16.5. The molecule has 3 heteroatoms. The summed E-state index contributed by atoms with van der Waals surface area (Å²) in [7, 11) is 0. The molecule has 1 aromatic carbocycles. The molecule has 122 valence electrons. The zero-order chi connectivity index (χ0) is 16.0. The lowest BCUT2D eigenvalue weighted by Gasteiger charge is -2.22. The predicted octanol–water partition coefficient (Wildman–Crippen LogP) is 3.96. The van der Waals surface area contributed by atoms with Crippen molar-refractivity contribution < 1.29 is 9.53 Å². The Kier molecular flexibility index (Phi) is 5.87. The van der Waals surface area contributed by atoms with Crippen molar-refractivity contribution in [1.82, 2.24) is 5.32 Å². The fraction of sp³-hybridized carbons (Fsp3) is 0.632. The van der Waals surface area contributed by atoms with Gasteiger partial charge in [-0.2, -0.15) is 0 Å². The SMILES string of the molecule is CC(C)COc1ccc(CCNC(=O)C2(C)CCCC2)cc1. The summed E-state index contributed by atoms with van der Waals surface area (Å²) in [4.78, 5) is 12.2. The van der Waals surface area contributed by atoms with E-state index in [-0.39, 0.29) is 11.3 Å². The molecule has 0 bridgehead atoms. The number of amides is 1. The normalized spacial score (nSPS) is 16.7. The number of rotatable bonds is 7. The van der Waals surface area contributed by atoms with Crippen LogP contribution in [-0.2, 0) is 11.2 Å². The summed E-state index contributed by atoms with van der Waals surface area (Å²) in [5.41, 5.74) is 1.10. The first-order chi connectivity index (χ1) is 10.5. The monoisotopic (exact) mass is 303 g/mol. The van der Waals surface area contributed by atoms with Crippen molar-refractivity contribution in [3.63, 3.8) is 0 Å². The summed E-state index contributed by atoms with van der Waals surface area (Å²) in [6.07, 6.45) is 5.29. The number of hydrogen-bond donors (Lipinski definition) is 1. The predicted molar refractivity (Wildman–Crippen MR) is 90.1 cm³/mol. The molecular formula is C19H29NO2. The third kappa shape index (κ3) is 4.75. The Morgan fingerprint density at radius 1 is 1.23 bits per heavy atom. The minimum Gasteiger partial charge on any atom is -0.493 e. The van der Waals surface area contributed by atoms with Crippen LogP contribution in [0.25, 0.3) is 0 Å². The standard InChI is InChI=1S/C19H29NO2/c1-15(2)14-22-17-8-6-16(7-9-17)10-13-20-18(21)19(3)11-4-5-12-19/h6-9,15H,4-5,10-14H2,1-3H3,(H,20,21). The van der Waals surface area contributed by atoms with Gasteiger partial charge < -0.3 is 10.1 Å². The van der Waals surface area contributed by atoms with Crippen molar-refractivity contribution in [3.8, 4) is 5.75 Å². The van der Waals surface area contributed by atoms with E-state index in [0.717, 1.165) is 31.6 Å². The van der Waals surface area contributed by atoms with Crippen molar-refractivity contribution in [2.75, 3.05) is 13.2 Å². The topological polar surface area (TPSA) is 38.3 Å². The van der Waals surface area contributed by atoms with Gasteiger partial charge in [-0.15, -0.1) is 0 Å². The highest BCUT2D eigenvalue weighted by molar-refractivity contribution is 5.82. The van der Waals surface area contributed by atoms with E-state index in [1.54, 1.807) is 0 Å². The molecule has 1 aromatic rings. The quantitative estimate of drug-likeness (QED) is 0.828. The third-order valence-corrected chi connectivity index (χ3v) is 4.46. The molecule has 1 aliphatic rings. The fourth-order valence-corrected chi connectivity index (χ4v) is 2.93. The number of benzene rings is 1. The molecule has 1 saturated carbocycles. The van der Waals surface area contributed by atoms with E-state index < -0.39 is 0 Å². The molecule has 0 aliphatic heterocycles. The van der Waals surface area contributed by atoms with E-state index in [1.807, 2.05) is 12.1 Å². The first-order valence-corrected chi connectivity index (χ1v) is 8.50. The number of carbonyl (C=O) groups is 1. The van der Waals surface area contributed by atoms with E-state index in [9.17, 15) is 4.79 Å². The summed E-state index contributed by atoms with van der Waals surface area (Å²) in [5, 5.41) is 3.10. The highest BCUT2D eigenvalue weighted by Crippen LogP contribution is 2.37. The average molecular weight is 303 g/mol. The van der Waals surface area contributed by atoms with E-state index in [2.05, 4.69) is 38.2 Å². The maximum absolute atomic E-state index is 12.2. The molecule has 0 heterocycles. The number of ether oxygens (including phenoxy) is 1. The summed E-state index contributed by atoms with van der Waals surface area (Å²) in [5.74, 6) is 1.67. The zero-order valence-electron chi connectivity index (χ0n) is 14.2. The van der Waals surface area contributed by atoms with E-state index in [0.29, 0.717) is 12.5 Å². The Hall–Kier alpha value is -1.51. The Balaban J connectivity index is 1.74. The van der Waals surface area contributed by atoms with Crippen LogP contribution in [0.1, 0.15) is 52.0 Å². The smallest absolute Gasteiger partial charge is 0.225 e. The molecule has 0 spiro atoms. The van der Waals surface area contributed by atoms with Gasteiger partial charge in [0.05, 0.1) is 6.61 Å². The summed E-state index contributed by atoms with van der Waals surface area (Å²) < 4.78 is 5.68. The van der Waals surface area contributed by atoms with E-state index >= 15 is 0 Å². The molecule has 1 aliphatic carbocycles. The number of hydrogen-bond acceptors (Lipinski definition) is 2. The second-order valence-corrected chi connectivity index (χ2v) is 7.12. The molecule has 0 saturated heterocycles. The Morgan fingerprint density at radius 3 is 2.45 bits per heavy atom. The molecular weight excluding hydrogens is 274 g/mol. The largest absolute Gasteiger partial charge is 0.493 e.